The number of aryl methyl sites for hydroxylation is 1. The quantitative estimate of drug-likeness (QED) is 0.468. The van der Waals surface area contributed by atoms with Gasteiger partial charge in [-0.15, -0.1) is 0 Å². The van der Waals surface area contributed by atoms with Gasteiger partial charge < -0.3 is 4.74 Å². The first kappa shape index (κ1) is 15.1. The van der Waals surface area contributed by atoms with E-state index in [0.29, 0.717) is 0 Å². The maximum Gasteiger partial charge on any atom is 0.228 e. The van der Waals surface area contributed by atoms with Crippen molar-refractivity contribution < 1.29 is 9.53 Å². The van der Waals surface area contributed by atoms with E-state index in [1.807, 2.05) is 39.0 Å². The zero-order chi connectivity index (χ0) is 14.6. The molecule has 0 atom stereocenters. The SMILES string of the molecule is Cc1cc(OC(C)C)ccc1C(C)(C)C(=O)N=[N+]=[N-]. The van der Waals surface area contributed by atoms with E-state index in [0.717, 1.165) is 16.9 Å². The Hall–Kier alpha value is -2.00. The first-order valence-corrected chi connectivity index (χ1v) is 6.16. The standard InChI is InChI=1S/C14H19N3O2/c1-9(2)19-11-6-7-12(10(3)8-11)14(4,5)13(18)16-17-15/h6-9H,1-5H3. The predicted molar refractivity (Wildman–Crippen MR) is 74.1 cm³/mol. The Bertz CT molecular complexity index is 529. The second-order valence-electron chi connectivity index (χ2n) is 5.26. The van der Waals surface area contributed by atoms with Crippen LogP contribution in [0.2, 0.25) is 0 Å². The summed E-state index contributed by atoms with van der Waals surface area (Å²) in [5.74, 6) is 0.277. The van der Waals surface area contributed by atoms with E-state index >= 15 is 0 Å². The molecule has 0 saturated heterocycles. The Balaban J connectivity index is 3.15. The number of amides is 1. The monoisotopic (exact) mass is 261 g/mol. The second-order valence-corrected chi connectivity index (χ2v) is 5.26. The highest BCUT2D eigenvalue weighted by molar-refractivity contribution is 5.88. The third-order valence-corrected chi connectivity index (χ3v) is 2.91. The largest absolute Gasteiger partial charge is 0.491 e. The van der Waals surface area contributed by atoms with Crippen molar-refractivity contribution in [3.8, 4) is 5.75 Å². The lowest BCUT2D eigenvalue weighted by Crippen LogP contribution is -2.28. The molecule has 0 unspecified atom stereocenters. The number of hydrogen-bond acceptors (Lipinski definition) is 2. The van der Waals surface area contributed by atoms with Crippen molar-refractivity contribution >= 4 is 5.91 Å². The zero-order valence-electron chi connectivity index (χ0n) is 12.0. The minimum atomic E-state index is -0.841. The van der Waals surface area contributed by atoms with Crippen molar-refractivity contribution in [3.63, 3.8) is 0 Å². The Morgan fingerprint density at radius 2 is 2.05 bits per heavy atom. The van der Waals surface area contributed by atoms with Crippen molar-refractivity contribution in [1.29, 1.82) is 0 Å². The molecule has 1 aromatic rings. The van der Waals surface area contributed by atoms with Crippen LogP contribution in [0.1, 0.15) is 38.8 Å². The van der Waals surface area contributed by atoms with Gasteiger partial charge in [0.15, 0.2) is 0 Å². The van der Waals surface area contributed by atoms with E-state index in [9.17, 15) is 4.79 Å². The molecule has 0 aliphatic carbocycles. The van der Waals surface area contributed by atoms with Crippen molar-refractivity contribution in [3.05, 3.63) is 39.8 Å². The second kappa shape index (κ2) is 5.76. The first-order chi connectivity index (χ1) is 8.78. The molecule has 5 heteroatoms. The van der Waals surface area contributed by atoms with E-state index in [1.165, 1.54) is 0 Å². The van der Waals surface area contributed by atoms with Gasteiger partial charge in [-0.3, -0.25) is 4.79 Å². The molecule has 0 aliphatic rings. The first-order valence-electron chi connectivity index (χ1n) is 6.16. The summed E-state index contributed by atoms with van der Waals surface area (Å²) in [5, 5.41) is 3.19. The van der Waals surface area contributed by atoms with Crippen LogP contribution >= 0.6 is 0 Å². The highest BCUT2D eigenvalue weighted by Crippen LogP contribution is 2.30. The van der Waals surface area contributed by atoms with E-state index in [-0.39, 0.29) is 6.10 Å². The lowest BCUT2D eigenvalue weighted by Gasteiger charge is -2.24. The number of rotatable bonds is 4. The third kappa shape index (κ3) is 3.48. The predicted octanol–water partition coefficient (Wildman–Crippen LogP) is 3.90. The third-order valence-electron chi connectivity index (χ3n) is 2.91. The smallest absolute Gasteiger partial charge is 0.228 e. The number of ether oxygens (including phenoxy) is 1. The normalized spacial score (nSPS) is 11.1. The molecule has 0 heterocycles. The highest BCUT2D eigenvalue weighted by atomic mass is 16.5. The van der Waals surface area contributed by atoms with Gasteiger partial charge in [-0.05, 0) is 68.5 Å². The molecule has 0 radical (unpaired) electrons. The Morgan fingerprint density at radius 1 is 1.42 bits per heavy atom. The number of carbonyl (C=O) groups excluding carboxylic acids is 1. The van der Waals surface area contributed by atoms with Gasteiger partial charge in [-0.25, -0.2) is 0 Å². The molecule has 1 rings (SSSR count). The summed E-state index contributed by atoms with van der Waals surface area (Å²) in [6.07, 6.45) is 0.100. The lowest BCUT2D eigenvalue weighted by molar-refractivity contribution is -0.122. The zero-order valence-corrected chi connectivity index (χ0v) is 12.0. The minimum absolute atomic E-state index is 0.100. The van der Waals surface area contributed by atoms with Crippen molar-refractivity contribution in [1.82, 2.24) is 0 Å². The molecule has 0 spiro atoms. The average Bonchev–Trinajstić information content (AvgIpc) is 2.28. The molecular formula is C14H19N3O2. The van der Waals surface area contributed by atoms with Crippen LogP contribution in [0.4, 0.5) is 0 Å². The van der Waals surface area contributed by atoms with Crippen LogP contribution in [0.15, 0.2) is 23.3 Å². The number of azide groups is 1. The van der Waals surface area contributed by atoms with Crippen LogP contribution < -0.4 is 4.74 Å². The summed E-state index contributed by atoms with van der Waals surface area (Å²) in [5.41, 5.74) is 9.31. The molecule has 0 fully saturated rings. The molecule has 19 heavy (non-hydrogen) atoms. The van der Waals surface area contributed by atoms with Crippen molar-refractivity contribution in [2.45, 2.75) is 46.1 Å². The molecule has 102 valence electrons. The minimum Gasteiger partial charge on any atom is -0.491 e. The fourth-order valence-electron chi connectivity index (χ4n) is 1.96. The fourth-order valence-corrected chi connectivity index (χ4v) is 1.96. The van der Waals surface area contributed by atoms with Crippen LogP contribution in [0.5, 0.6) is 5.75 Å². The molecule has 0 aliphatic heterocycles. The maximum atomic E-state index is 11.8. The Morgan fingerprint density at radius 3 is 2.53 bits per heavy atom. The van der Waals surface area contributed by atoms with Crippen molar-refractivity contribution in [2.75, 3.05) is 0 Å². The van der Waals surface area contributed by atoms with Crippen LogP contribution in [0, 0.1) is 6.92 Å². The number of nitrogens with zero attached hydrogens (tertiary/aromatic N) is 3. The maximum absolute atomic E-state index is 11.8. The van der Waals surface area contributed by atoms with Gasteiger partial charge in [0.1, 0.15) is 5.75 Å². The lowest BCUT2D eigenvalue weighted by atomic mass is 9.81. The summed E-state index contributed by atoms with van der Waals surface area (Å²) in [4.78, 5) is 14.4. The molecule has 1 amide bonds. The van der Waals surface area contributed by atoms with E-state index in [1.54, 1.807) is 13.8 Å². The van der Waals surface area contributed by atoms with Crippen LogP contribution in [0.25, 0.3) is 10.4 Å². The highest BCUT2D eigenvalue weighted by Gasteiger charge is 2.30. The van der Waals surface area contributed by atoms with Crippen LogP contribution in [-0.4, -0.2) is 12.0 Å². The molecule has 0 bridgehead atoms. The summed E-state index contributed by atoms with van der Waals surface area (Å²) in [6.45, 7) is 9.31. The molecule has 5 nitrogen and oxygen atoms in total. The van der Waals surface area contributed by atoms with Crippen LogP contribution in [0.3, 0.4) is 0 Å². The van der Waals surface area contributed by atoms with E-state index in [2.05, 4.69) is 10.0 Å². The van der Waals surface area contributed by atoms with Gasteiger partial charge in [-0.2, -0.15) is 0 Å². The Labute approximate surface area is 113 Å². The summed E-state index contributed by atoms with van der Waals surface area (Å²) in [7, 11) is 0. The van der Waals surface area contributed by atoms with Gasteiger partial charge in [-0.1, -0.05) is 6.07 Å². The van der Waals surface area contributed by atoms with Gasteiger partial charge >= 0.3 is 0 Å². The summed E-state index contributed by atoms with van der Waals surface area (Å²) < 4.78 is 5.60. The van der Waals surface area contributed by atoms with E-state index < -0.39 is 11.3 Å². The Kier molecular flexibility index (Phi) is 4.57. The van der Waals surface area contributed by atoms with Gasteiger partial charge in [0.25, 0.3) is 0 Å². The van der Waals surface area contributed by atoms with Gasteiger partial charge in [0.2, 0.25) is 5.91 Å². The van der Waals surface area contributed by atoms with E-state index in [4.69, 9.17) is 10.3 Å². The molecule has 0 saturated carbocycles. The molecule has 1 aromatic carbocycles. The summed E-state index contributed by atoms with van der Waals surface area (Å²) in [6, 6.07) is 5.56. The average molecular weight is 261 g/mol. The van der Waals surface area contributed by atoms with Gasteiger partial charge in [0, 0.05) is 4.91 Å². The van der Waals surface area contributed by atoms with Crippen LogP contribution in [-0.2, 0) is 10.2 Å². The molecule has 0 aromatic heterocycles. The molecule has 0 N–H and O–H groups in total. The summed E-state index contributed by atoms with van der Waals surface area (Å²) >= 11 is 0. The number of hydrogen-bond donors (Lipinski definition) is 0. The topological polar surface area (TPSA) is 75.1 Å². The van der Waals surface area contributed by atoms with Crippen molar-refractivity contribution in [2.24, 2.45) is 5.11 Å². The van der Waals surface area contributed by atoms with Gasteiger partial charge in [0.05, 0.1) is 11.5 Å². The number of carbonyl (C=O) groups is 1. The number of benzene rings is 1. The fraction of sp³-hybridized carbons (Fsp3) is 0.500. The molecular weight excluding hydrogens is 242 g/mol.